The topological polar surface area (TPSA) is 95.0 Å². The first-order valence-electron chi connectivity index (χ1n) is 6.33. The smallest absolute Gasteiger partial charge is 0.232 e. The Morgan fingerprint density at radius 3 is 2.16 bits per heavy atom. The van der Waals surface area contributed by atoms with Gasteiger partial charge in [0.25, 0.3) is 0 Å². The first-order chi connectivity index (χ1) is 9.04. The van der Waals surface area contributed by atoms with Crippen molar-refractivity contribution in [1.29, 1.82) is 0 Å². The molecule has 1 N–H and O–H groups in total. The van der Waals surface area contributed by atoms with E-state index in [0.29, 0.717) is 6.42 Å². The first kappa shape index (κ1) is 13.7. The van der Waals surface area contributed by atoms with Crippen molar-refractivity contribution in [2.45, 2.75) is 25.7 Å². The molecule has 104 valence electrons. The zero-order valence-corrected chi connectivity index (χ0v) is 10.5. The highest BCUT2D eigenvalue weighted by molar-refractivity contribution is 6.04. The molecule has 0 aliphatic carbocycles. The number of amides is 4. The van der Waals surface area contributed by atoms with Crippen LogP contribution in [0.3, 0.4) is 0 Å². The number of hydrogen-bond acceptors (Lipinski definition) is 5. The van der Waals surface area contributed by atoms with Crippen LogP contribution in [-0.4, -0.2) is 58.2 Å². The van der Waals surface area contributed by atoms with Crippen molar-refractivity contribution >= 4 is 23.6 Å². The molecule has 2 rings (SSSR count). The second-order valence-corrected chi connectivity index (χ2v) is 4.74. The van der Waals surface area contributed by atoms with Crippen LogP contribution < -0.4 is 0 Å². The molecule has 1 atom stereocenters. The second-order valence-electron chi connectivity index (χ2n) is 4.74. The zero-order chi connectivity index (χ0) is 14.0. The molecule has 2 aliphatic heterocycles. The van der Waals surface area contributed by atoms with Gasteiger partial charge in [0.05, 0.1) is 13.2 Å². The van der Waals surface area contributed by atoms with Crippen molar-refractivity contribution in [3.8, 4) is 0 Å². The van der Waals surface area contributed by atoms with Gasteiger partial charge in [-0.05, 0) is 6.42 Å². The van der Waals surface area contributed by atoms with E-state index >= 15 is 0 Å². The summed E-state index contributed by atoms with van der Waals surface area (Å²) in [5.41, 5.74) is 0. The van der Waals surface area contributed by atoms with Gasteiger partial charge < -0.3 is 5.11 Å². The first-order valence-corrected chi connectivity index (χ1v) is 6.33. The van der Waals surface area contributed by atoms with Crippen LogP contribution in [0.4, 0.5) is 0 Å². The number of imide groups is 2. The van der Waals surface area contributed by atoms with Gasteiger partial charge >= 0.3 is 0 Å². The number of likely N-dealkylation sites (tertiary alicyclic amines) is 2. The third-order valence-corrected chi connectivity index (χ3v) is 3.52. The monoisotopic (exact) mass is 268 g/mol. The molecule has 0 aromatic rings. The van der Waals surface area contributed by atoms with Gasteiger partial charge in [0.1, 0.15) is 0 Å². The third kappa shape index (κ3) is 2.65. The van der Waals surface area contributed by atoms with Gasteiger partial charge in [-0.15, -0.1) is 0 Å². The summed E-state index contributed by atoms with van der Waals surface area (Å²) < 4.78 is 0. The van der Waals surface area contributed by atoms with Gasteiger partial charge in [-0.3, -0.25) is 29.0 Å². The summed E-state index contributed by atoms with van der Waals surface area (Å²) in [6.45, 7) is -0.0582. The number of aliphatic hydroxyl groups is 1. The summed E-state index contributed by atoms with van der Waals surface area (Å²) in [4.78, 5) is 48.5. The largest absolute Gasteiger partial charge is 0.395 e. The van der Waals surface area contributed by atoms with Crippen LogP contribution in [0.1, 0.15) is 25.7 Å². The molecule has 0 radical (unpaired) electrons. The minimum absolute atomic E-state index is 0.00966. The Morgan fingerprint density at radius 1 is 0.947 bits per heavy atom. The minimum Gasteiger partial charge on any atom is -0.395 e. The normalized spacial score (nSPS) is 23.9. The molecule has 0 bridgehead atoms. The molecule has 0 saturated carbocycles. The summed E-state index contributed by atoms with van der Waals surface area (Å²) in [5.74, 6) is -1.54. The van der Waals surface area contributed by atoms with E-state index in [9.17, 15) is 19.2 Å². The zero-order valence-electron chi connectivity index (χ0n) is 10.5. The highest BCUT2D eigenvalue weighted by atomic mass is 16.3. The predicted molar refractivity (Wildman–Crippen MR) is 62.5 cm³/mol. The highest BCUT2D eigenvalue weighted by Crippen LogP contribution is 2.23. The van der Waals surface area contributed by atoms with Gasteiger partial charge in [0.2, 0.25) is 23.6 Å². The summed E-state index contributed by atoms with van der Waals surface area (Å²) in [5, 5.41) is 8.78. The SMILES string of the molecule is O=C1CCC(=O)N1CCC1CC(=O)N(CCO)C1=O. The Balaban J connectivity index is 1.90. The molecule has 7 heteroatoms. The van der Waals surface area contributed by atoms with Gasteiger partial charge in [-0.1, -0.05) is 0 Å². The highest BCUT2D eigenvalue weighted by Gasteiger charge is 2.39. The van der Waals surface area contributed by atoms with Gasteiger partial charge in [-0.2, -0.15) is 0 Å². The van der Waals surface area contributed by atoms with E-state index in [1.165, 1.54) is 0 Å². The Morgan fingerprint density at radius 2 is 1.58 bits per heavy atom. The van der Waals surface area contributed by atoms with E-state index in [0.717, 1.165) is 9.80 Å². The fourth-order valence-electron chi connectivity index (χ4n) is 2.47. The van der Waals surface area contributed by atoms with Gasteiger partial charge in [-0.25, -0.2) is 0 Å². The summed E-state index contributed by atoms with van der Waals surface area (Å²) in [7, 11) is 0. The van der Waals surface area contributed by atoms with Crippen LogP contribution >= 0.6 is 0 Å². The number of carbonyl (C=O) groups is 4. The summed E-state index contributed by atoms with van der Waals surface area (Å²) in [6.07, 6.45) is 0.860. The third-order valence-electron chi connectivity index (χ3n) is 3.52. The van der Waals surface area contributed by atoms with Crippen LogP contribution in [0, 0.1) is 5.92 Å². The molecule has 7 nitrogen and oxygen atoms in total. The molecule has 0 spiro atoms. The van der Waals surface area contributed by atoms with Crippen molar-refractivity contribution in [2.24, 2.45) is 5.92 Å². The number of aliphatic hydroxyl groups excluding tert-OH is 1. The molecular weight excluding hydrogens is 252 g/mol. The van der Waals surface area contributed by atoms with Crippen molar-refractivity contribution in [2.75, 3.05) is 19.7 Å². The lowest BCUT2D eigenvalue weighted by Crippen LogP contribution is -2.35. The van der Waals surface area contributed by atoms with E-state index in [2.05, 4.69) is 0 Å². The average molecular weight is 268 g/mol. The number of β-amino-alcohol motifs (C(OH)–C–C–N with tert-alkyl or cyclic N) is 1. The Hall–Kier alpha value is -1.76. The lowest BCUT2D eigenvalue weighted by atomic mass is 10.0. The average Bonchev–Trinajstić information content (AvgIpc) is 2.82. The molecule has 2 fully saturated rings. The fraction of sp³-hybridized carbons (Fsp3) is 0.667. The summed E-state index contributed by atoms with van der Waals surface area (Å²) >= 11 is 0. The van der Waals surface area contributed by atoms with Gasteiger partial charge in [0.15, 0.2) is 0 Å². The molecule has 4 amide bonds. The molecular formula is C12H16N2O5. The van der Waals surface area contributed by atoms with Crippen LogP contribution in [0.2, 0.25) is 0 Å². The molecule has 0 aromatic carbocycles. The van der Waals surface area contributed by atoms with Crippen LogP contribution in [0.25, 0.3) is 0 Å². The maximum Gasteiger partial charge on any atom is 0.232 e. The molecule has 2 heterocycles. The molecule has 19 heavy (non-hydrogen) atoms. The maximum atomic E-state index is 11.9. The van der Waals surface area contributed by atoms with Crippen LogP contribution in [-0.2, 0) is 19.2 Å². The summed E-state index contributed by atoms with van der Waals surface area (Å²) in [6, 6.07) is 0. The molecule has 0 aromatic heterocycles. The lowest BCUT2D eigenvalue weighted by Gasteiger charge is -2.16. The quantitative estimate of drug-likeness (QED) is 0.638. The van der Waals surface area contributed by atoms with Crippen molar-refractivity contribution < 1.29 is 24.3 Å². The predicted octanol–water partition coefficient (Wildman–Crippen LogP) is -1.11. The lowest BCUT2D eigenvalue weighted by molar-refractivity contribution is -0.142. The van der Waals surface area contributed by atoms with Crippen molar-refractivity contribution in [3.63, 3.8) is 0 Å². The van der Waals surface area contributed by atoms with E-state index in [1.54, 1.807) is 0 Å². The molecule has 1 unspecified atom stereocenters. The number of hydrogen-bond donors (Lipinski definition) is 1. The fourth-order valence-corrected chi connectivity index (χ4v) is 2.47. The second kappa shape index (κ2) is 5.48. The Kier molecular flexibility index (Phi) is 3.94. The van der Waals surface area contributed by atoms with Crippen LogP contribution in [0.15, 0.2) is 0 Å². The van der Waals surface area contributed by atoms with E-state index in [1.807, 2.05) is 0 Å². The number of rotatable bonds is 5. The van der Waals surface area contributed by atoms with Crippen LogP contribution in [0.5, 0.6) is 0 Å². The van der Waals surface area contributed by atoms with Crippen molar-refractivity contribution in [1.82, 2.24) is 9.80 Å². The van der Waals surface area contributed by atoms with E-state index in [4.69, 9.17) is 5.11 Å². The van der Waals surface area contributed by atoms with Gasteiger partial charge in [0, 0.05) is 31.7 Å². The molecule has 2 saturated heterocycles. The van der Waals surface area contributed by atoms with E-state index < -0.39 is 5.92 Å². The number of carbonyl (C=O) groups excluding carboxylic acids is 4. The Bertz CT molecular complexity index is 418. The molecule has 2 aliphatic rings. The van der Waals surface area contributed by atoms with E-state index in [-0.39, 0.29) is 62.6 Å². The van der Waals surface area contributed by atoms with Crippen molar-refractivity contribution in [3.05, 3.63) is 0 Å². The standard InChI is InChI=1S/C12H16N2O5/c15-6-5-14-11(18)7-8(12(14)19)3-4-13-9(16)1-2-10(13)17/h8,15H,1-7H2. The minimum atomic E-state index is -0.486. The Labute approximate surface area is 110 Å². The number of nitrogens with zero attached hydrogens (tertiary/aromatic N) is 2. The maximum absolute atomic E-state index is 11.9.